The van der Waals surface area contributed by atoms with Crippen molar-refractivity contribution < 1.29 is 4.79 Å². The van der Waals surface area contributed by atoms with Crippen molar-refractivity contribution in [3.05, 3.63) is 11.8 Å². The number of rotatable bonds is 3. The molecule has 3 N–H and O–H groups in total. The van der Waals surface area contributed by atoms with Crippen LogP contribution >= 0.6 is 0 Å². The number of nitrogens with zero attached hydrogens (tertiary/aromatic N) is 2. The predicted octanol–water partition coefficient (Wildman–Crippen LogP) is -0.553. The number of aryl methyl sites for hydroxylation is 1. The largest absolute Gasteiger partial charge is 0.325 e. The third kappa shape index (κ3) is 1.56. The fraction of sp³-hybridized carbons (Fsp3) is 0.333. The molecule has 0 saturated carbocycles. The van der Waals surface area contributed by atoms with Crippen molar-refractivity contribution in [2.24, 2.45) is 12.8 Å². The molecule has 5 heteroatoms. The third-order valence-corrected chi connectivity index (χ3v) is 1.39. The summed E-state index contributed by atoms with van der Waals surface area (Å²) in [6.07, 6.45) is 0.586. The van der Waals surface area contributed by atoms with Crippen LogP contribution in [0, 0.1) is 0 Å². The van der Waals surface area contributed by atoms with Gasteiger partial charge in [0.2, 0.25) is 6.41 Å². The number of anilines is 1. The van der Waals surface area contributed by atoms with Gasteiger partial charge in [-0.05, 0) is 0 Å². The van der Waals surface area contributed by atoms with Crippen LogP contribution in [0.15, 0.2) is 6.07 Å². The van der Waals surface area contributed by atoms with Crippen molar-refractivity contribution in [2.45, 2.75) is 6.54 Å². The van der Waals surface area contributed by atoms with E-state index in [1.807, 2.05) is 0 Å². The molecule has 0 aromatic carbocycles. The second kappa shape index (κ2) is 3.16. The molecule has 0 aliphatic rings. The minimum atomic E-state index is 0.421. The first kappa shape index (κ1) is 7.74. The highest BCUT2D eigenvalue weighted by molar-refractivity contribution is 5.68. The van der Waals surface area contributed by atoms with Crippen molar-refractivity contribution in [3.8, 4) is 0 Å². The first-order chi connectivity index (χ1) is 5.27. The van der Waals surface area contributed by atoms with Crippen LogP contribution in [0.3, 0.4) is 0 Å². The van der Waals surface area contributed by atoms with Gasteiger partial charge in [0.05, 0.1) is 5.69 Å². The van der Waals surface area contributed by atoms with Crippen molar-refractivity contribution >= 4 is 12.2 Å². The van der Waals surface area contributed by atoms with Gasteiger partial charge in [-0.2, -0.15) is 5.10 Å². The summed E-state index contributed by atoms with van der Waals surface area (Å²) in [5.74, 6) is 0.531. The van der Waals surface area contributed by atoms with Gasteiger partial charge in [0, 0.05) is 19.7 Å². The SMILES string of the molecule is Cn1nc(NC=O)cc1CN. The number of amides is 1. The van der Waals surface area contributed by atoms with Crippen LogP contribution in [-0.2, 0) is 18.4 Å². The topological polar surface area (TPSA) is 72.9 Å². The lowest BCUT2D eigenvalue weighted by molar-refractivity contribution is -0.105. The van der Waals surface area contributed by atoms with Crippen molar-refractivity contribution in [3.63, 3.8) is 0 Å². The second-order valence-electron chi connectivity index (χ2n) is 2.11. The molecule has 0 atom stereocenters. The molecular formula is C6H10N4O. The van der Waals surface area contributed by atoms with Gasteiger partial charge in [-0.1, -0.05) is 0 Å². The maximum Gasteiger partial charge on any atom is 0.212 e. The van der Waals surface area contributed by atoms with Crippen LogP contribution in [0.5, 0.6) is 0 Å². The third-order valence-electron chi connectivity index (χ3n) is 1.39. The Kier molecular flexibility index (Phi) is 2.22. The van der Waals surface area contributed by atoms with Gasteiger partial charge in [-0.25, -0.2) is 0 Å². The Hall–Kier alpha value is -1.36. The van der Waals surface area contributed by atoms with E-state index >= 15 is 0 Å². The highest BCUT2D eigenvalue weighted by Gasteiger charge is 2.00. The maximum atomic E-state index is 9.99. The van der Waals surface area contributed by atoms with Crippen molar-refractivity contribution in [1.29, 1.82) is 0 Å². The molecule has 1 heterocycles. The smallest absolute Gasteiger partial charge is 0.212 e. The molecule has 1 aromatic heterocycles. The summed E-state index contributed by atoms with van der Waals surface area (Å²) < 4.78 is 1.63. The normalized spacial score (nSPS) is 9.64. The fourth-order valence-corrected chi connectivity index (χ4v) is 0.828. The summed E-state index contributed by atoms with van der Waals surface area (Å²) in [5, 5.41) is 6.40. The molecule has 1 rings (SSSR count). The van der Waals surface area contributed by atoms with E-state index in [2.05, 4.69) is 10.4 Å². The summed E-state index contributed by atoms with van der Waals surface area (Å²) in [5.41, 5.74) is 6.27. The zero-order valence-electron chi connectivity index (χ0n) is 6.24. The van der Waals surface area contributed by atoms with E-state index < -0.39 is 0 Å². The molecule has 0 aliphatic heterocycles. The van der Waals surface area contributed by atoms with Gasteiger partial charge in [0.1, 0.15) is 0 Å². The number of hydrogen-bond acceptors (Lipinski definition) is 3. The molecule has 0 radical (unpaired) electrons. The molecule has 0 spiro atoms. The first-order valence-corrected chi connectivity index (χ1v) is 3.21. The van der Waals surface area contributed by atoms with Crippen molar-refractivity contribution in [2.75, 3.05) is 5.32 Å². The number of carbonyl (C=O) groups is 1. The molecule has 5 nitrogen and oxygen atoms in total. The molecule has 1 amide bonds. The van der Waals surface area contributed by atoms with Crippen LogP contribution in [0.4, 0.5) is 5.82 Å². The highest BCUT2D eigenvalue weighted by atomic mass is 16.1. The van der Waals surface area contributed by atoms with Gasteiger partial charge in [-0.3, -0.25) is 9.48 Å². The Morgan fingerprint density at radius 3 is 3.09 bits per heavy atom. The number of hydrogen-bond donors (Lipinski definition) is 2. The quantitative estimate of drug-likeness (QED) is 0.573. The first-order valence-electron chi connectivity index (χ1n) is 3.21. The number of nitrogens with two attached hydrogens (primary N) is 1. The predicted molar refractivity (Wildman–Crippen MR) is 40.8 cm³/mol. The standard InChI is InChI=1S/C6H10N4O/c1-10-5(3-7)2-6(9-10)8-4-11/h2,4H,3,7H2,1H3,(H,8,9,11). The van der Waals surface area contributed by atoms with E-state index in [0.29, 0.717) is 18.8 Å². The van der Waals surface area contributed by atoms with Crippen LogP contribution in [-0.4, -0.2) is 16.2 Å². The highest BCUT2D eigenvalue weighted by Crippen LogP contribution is 2.05. The van der Waals surface area contributed by atoms with E-state index in [1.165, 1.54) is 0 Å². The summed E-state index contributed by atoms with van der Waals surface area (Å²) in [6, 6.07) is 1.73. The van der Waals surface area contributed by atoms with Crippen LogP contribution < -0.4 is 11.1 Å². The Balaban J connectivity index is 2.85. The van der Waals surface area contributed by atoms with Crippen LogP contribution in [0.25, 0.3) is 0 Å². The summed E-state index contributed by atoms with van der Waals surface area (Å²) in [6.45, 7) is 0.421. The summed E-state index contributed by atoms with van der Waals surface area (Å²) >= 11 is 0. The lowest BCUT2D eigenvalue weighted by Crippen LogP contribution is -2.03. The fourth-order valence-electron chi connectivity index (χ4n) is 0.828. The molecule has 0 saturated heterocycles. The van der Waals surface area contributed by atoms with E-state index in [9.17, 15) is 4.79 Å². The van der Waals surface area contributed by atoms with Gasteiger partial charge in [-0.15, -0.1) is 0 Å². The zero-order chi connectivity index (χ0) is 8.27. The van der Waals surface area contributed by atoms with Gasteiger partial charge >= 0.3 is 0 Å². The number of nitrogens with one attached hydrogen (secondary N) is 1. The van der Waals surface area contributed by atoms with Gasteiger partial charge in [0.15, 0.2) is 5.82 Å². The molecule has 0 unspecified atom stereocenters. The average Bonchev–Trinajstić information content (AvgIpc) is 2.32. The van der Waals surface area contributed by atoms with E-state index in [4.69, 9.17) is 5.73 Å². The van der Waals surface area contributed by atoms with Gasteiger partial charge < -0.3 is 11.1 Å². The maximum absolute atomic E-state index is 9.99. The molecular weight excluding hydrogens is 144 g/mol. The van der Waals surface area contributed by atoms with E-state index in [-0.39, 0.29) is 0 Å². The Morgan fingerprint density at radius 1 is 1.91 bits per heavy atom. The van der Waals surface area contributed by atoms with Crippen LogP contribution in [0.1, 0.15) is 5.69 Å². The zero-order valence-corrected chi connectivity index (χ0v) is 6.24. The summed E-state index contributed by atoms with van der Waals surface area (Å²) in [4.78, 5) is 9.99. The van der Waals surface area contributed by atoms with Crippen LogP contribution in [0.2, 0.25) is 0 Å². The minimum Gasteiger partial charge on any atom is -0.325 e. The Bertz CT molecular complexity index is 255. The monoisotopic (exact) mass is 154 g/mol. The average molecular weight is 154 g/mol. The number of aromatic nitrogens is 2. The Labute approximate surface area is 64.2 Å². The Morgan fingerprint density at radius 2 is 2.64 bits per heavy atom. The lowest BCUT2D eigenvalue weighted by atomic mass is 10.4. The lowest BCUT2D eigenvalue weighted by Gasteiger charge is -1.92. The molecule has 0 aliphatic carbocycles. The number of carbonyl (C=O) groups excluding carboxylic acids is 1. The van der Waals surface area contributed by atoms with E-state index in [1.54, 1.807) is 17.8 Å². The summed E-state index contributed by atoms with van der Waals surface area (Å²) in [7, 11) is 1.78. The molecule has 60 valence electrons. The van der Waals surface area contributed by atoms with Crippen molar-refractivity contribution in [1.82, 2.24) is 9.78 Å². The minimum absolute atomic E-state index is 0.421. The molecule has 11 heavy (non-hydrogen) atoms. The molecule has 1 aromatic rings. The van der Waals surface area contributed by atoms with Gasteiger partial charge in [0.25, 0.3) is 0 Å². The van der Waals surface area contributed by atoms with E-state index in [0.717, 1.165) is 5.69 Å². The molecule has 0 bridgehead atoms. The second-order valence-corrected chi connectivity index (χ2v) is 2.11. The molecule has 0 fully saturated rings.